The molecule has 0 unspecified atom stereocenters. The van der Waals surface area contributed by atoms with Gasteiger partial charge in [0.2, 0.25) is 0 Å². The van der Waals surface area contributed by atoms with E-state index in [0.717, 1.165) is 6.54 Å². The van der Waals surface area contributed by atoms with Gasteiger partial charge in [-0.05, 0) is 58.2 Å². The van der Waals surface area contributed by atoms with Crippen LogP contribution in [0.25, 0.3) is 0 Å². The molecule has 0 spiro atoms. The monoisotopic (exact) mass is 540 g/mol. The van der Waals surface area contributed by atoms with Crippen molar-refractivity contribution in [1.29, 1.82) is 0 Å². The summed E-state index contributed by atoms with van der Waals surface area (Å²) in [5.41, 5.74) is 1.19. The molecule has 1 radical (unpaired) electrons. The molecule has 187 valence electrons. The van der Waals surface area contributed by atoms with Crippen LogP contribution in [0.2, 0.25) is 0 Å². The van der Waals surface area contributed by atoms with E-state index in [9.17, 15) is 38.4 Å². The number of pyridine rings is 1. The van der Waals surface area contributed by atoms with Crippen molar-refractivity contribution < 1.29 is 65.3 Å². The molecule has 1 aliphatic rings. The first kappa shape index (κ1) is 32.0. The predicted octanol–water partition coefficient (Wildman–Crippen LogP) is 4.29. The Kier molecular flexibility index (Phi) is 12.0. The quantitative estimate of drug-likeness (QED) is 0.318. The van der Waals surface area contributed by atoms with Gasteiger partial charge in [-0.1, -0.05) is 6.07 Å². The van der Waals surface area contributed by atoms with E-state index in [1.165, 1.54) is 44.7 Å². The molecule has 31 heavy (non-hydrogen) atoms. The topological polar surface area (TPSA) is 59.5 Å². The maximum atomic E-state index is 10.5. The Bertz CT molecular complexity index is 639. The summed E-state index contributed by atoms with van der Waals surface area (Å²) in [4.78, 5) is 18.1. The van der Waals surface area contributed by atoms with Crippen molar-refractivity contribution in [2.45, 2.75) is 25.6 Å². The standard InChI is InChI=1S/C13H21N3.C2HF3O2.Cu.F6P/c1-15-8-4-10-16(11-5-9-15)12-13-6-2-3-7-14-13;3-2(4,5)1(6)7;;1-7(2,3,4,5)6/h2-3,6-7H,4-5,8-12H2,1H3;(H,6,7);;/q;;+2;-1/p-1. The molecule has 0 bridgehead atoms. The third kappa shape index (κ3) is 25.0. The van der Waals surface area contributed by atoms with Gasteiger partial charge in [0, 0.05) is 12.7 Å². The first-order valence-corrected chi connectivity index (χ1v) is 10.4. The number of aromatic nitrogens is 1. The molecule has 1 aliphatic heterocycles. The first-order valence-electron chi connectivity index (χ1n) is 8.39. The van der Waals surface area contributed by atoms with Crippen LogP contribution < -0.4 is 5.11 Å². The molecule has 0 atom stereocenters. The van der Waals surface area contributed by atoms with Crippen LogP contribution in [0.5, 0.6) is 0 Å². The summed E-state index contributed by atoms with van der Waals surface area (Å²) in [5.74, 6) is -3.01. The number of carbonyl (C=O) groups excluding carboxylic acids is 1. The number of carbonyl (C=O) groups is 1. The van der Waals surface area contributed by atoms with Crippen molar-refractivity contribution in [3.63, 3.8) is 0 Å². The van der Waals surface area contributed by atoms with Gasteiger partial charge in [-0.25, -0.2) is 0 Å². The van der Waals surface area contributed by atoms with Gasteiger partial charge in [-0.2, -0.15) is 13.2 Å². The van der Waals surface area contributed by atoms with E-state index < -0.39 is 20.0 Å². The second kappa shape index (κ2) is 11.6. The van der Waals surface area contributed by atoms with Gasteiger partial charge < -0.3 is 14.8 Å². The number of rotatable bonds is 2. The molecular formula is C15H21CuF9N3O2P. The SMILES string of the molecule is CN1CCCN(Cc2ccccn2)CCC1.F[P-](F)(F)(F)(F)F.O=C([O-])C(F)(F)F.[Cu+2]. The number of carboxylic acids is 1. The Morgan fingerprint density at radius 3 is 1.77 bits per heavy atom. The summed E-state index contributed by atoms with van der Waals surface area (Å²) in [6, 6.07) is 6.16. The molecule has 0 aliphatic carbocycles. The molecule has 1 aromatic heterocycles. The van der Waals surface area contributed by atoms with Crippen molar-refractivity contribution in [2.24, 2.45) is 0 Å². The van der Waals surface area contributed by atoms with Gasteiger partial charge >= 0.3 is 56.2 Å². The van der Waals surface area contributed by atoms with Crippen LogP contribution in [0.1, 0.15) is 18.5 Å². The van der Waals surface area contributed by atoms with Gasteiger partial charge in [0.1, 0.15) is 5.97 Å². The number of hydrogen-bond acceptors (Lipinski definition) is 5. The van der Waals surface area contributed by atoms with Crippen molar-refractivity contribution in [3.05, 3.63) is 30.1 Å². The third-order valence-electron chi connectivity index (χ3n) is 3.37. The minimum atomic E-state index is -10.7. The molecule has 1 saturated heterocycles. The smallest absolute Gasteiger partial charge is 0.542 e. The minimum Gasteiger partial charge on any atom is -0.542 e. The van der Waals surface area contributed by atoms with E-state index in [2.05, 4.69) is 34.0 Å². The largest absolute Gasteiger partial charge is 2.00 e. The first-order chi connectivity index (χ1) is 13.2. The molecule has 1 aromatic rings. The summed E-state index contributed by atoms with van der Waals surface area (Å²) in [7, 11) is -8.44. The summed E-state index contributed by atoms with van der Waals surface area (Å²) in [6.45, 7) is 5.84. The minimum absolute atomic E-state index is 0. The van der Waals surface area contributed by atoms with Gasteiger partial charge in [-0.15, -0.1) is 0 Å². The zero-order chi connectivity index (χ0) is 23.7. The van der Waals surface area contributed by atoms with E-state index in [0.29, 0.717) is 0 Å². The van der Waals surface area contributed by atoms with Crippen LogP contribution in [0.3, 0.4) is 0 Å². The fourth-order valence-corrected chi connectivity index (χ4v) is 2.23. The fraction of sp³-hybridized carbons (Fsp3) is 0.600. The number of hydrogen-bond donors (Lipinski definition) is 0. The van der Waals surface area contributed by atoms with E-state index in [1.54, 1.807) is 0 Å². The van der Waals surface area contributed by atoms with Crippen molar-refractivity contribution in [1.82, 2.24) is 14.8 Å². The zero-order valence-electron chi connectivity index (χ0n) is 16.1. The van der Waals surface area contributed by atoms with Crippen LogP contribution in [-0.4, -0.2) is 60.2 Å². The number of nitrogens with zero attached hydrogens (tertiary/aromatic N) is 3. The van der Waals surface area contributed by atoms with Crippen LogP contribution in [0.15, 0.2) is 24.4 Å². The summed E-state index contributed by atoms with van der Waals surface area (Å²) in [5, 5.41) is 8.78. The Balaban J connectivity index is 0. The van der Waals surface area contributed by atoms with E-state index >= 15 is 0 Å². The molecule has 0 saturated carbocycles. The third-order valence-corrected chi connectivity index (χ3v) is 3.37. The number of aliphatic carboxylic acids is 1. The Hall–Kier alpha value is -1.14. The van der Waals surface area contributed by atoms with Crippen molar-refractivity contribution in [3.8, 4) is 0 Å². The molecule has 0 N–H and O–H groups in total. The molecule has 2 heterocycles. The number of carboxylic acid groups (broad SMARTS) is 1. The summed E-state index contributed by atoms with van der Waals surface area (Å²) >= 11 is 0. The van der Waals surface area contributed by atoms with Gasteiger partial charge in [0.25, 0.3) is 0 Å². The molecule has 16 heteroatoms. The molecule has 5 nitrogen and oxygen atoms in total. The summed E-state index contributed by atoms with van der Waals surface area (Å²) < 4.78 is 90.7. The Morgan fingerprint density at radius 2 is 1.45 bits per heavy atom. The second-order valence-corrected chi connectivity index (χ2v) is 8.27. The second-order valence-electron chi connectivity index (χ2n) is 6.35. The molecular weight excluding hydrogens is 520 g/mol. The van der Waals surface area contributed by atoms with Crippen LogP contribution in [-0.2, 0) is 28.4 Å². The van der Waals surface area contributed by atoms with E-state index in [-0.39, 0.29) is 17.1 Å². The van der Waals surface area contributed by atoms with Gasteiger partial charge in [-0.3, -0.25) is 9.88 Å². The van der Waals surface area contributed by atoms with Gasteiger partial charge in [0.15, 0.2) is 0 Å². The van der Waals surface area contributed by atoms with Crippen LogP contribution in [0.4, 0.5) is 38.4 Å². The van der Waals surface area contributed by atoms with E-state index in [1.807, 2.05) is 12.3 Å². The zero-order valence-corrected chi connectivity index (χ0v) is 17.9. The molecule has 0 amide bonds. The van der Waals surface area contributed by atoms with Crippen LogP contribution >= 0.6 is 7.81 Å². The summed E-state index contributed by atoms with van der Waals surface area (Å²) in [6.07, 6.45) is -0.778. The molecule has 2 rings (SSSR count). The van der Waals surface area contributed by atoms with E-state index in [4.69, 9.17) is 9.90 Å². The Labute approximate surface area is 183 Å². The number of alkyl halides is 3. The fourth-order valence-electron chi connectivity index (χ4n) is 2.23. The molecule has 0 aromatic carbocycles. The number of halogens is 9. The van der Waals surface area contributed by atoms with Crippen LogP contribution in [0, 0.1) is 0 Å². The van der Waals surface area contributed by atoms with Crippen molar-refractivity contribution in [2.75, 3.05) is 33.2 Å². The van der Waals surface area contributed by atoms with Crippen molar-refractivity contribution >= 4 is 13.8 Å². The normalized spacial score (nSPS) is 18.3. The maximum absolute atomic E-state index is 10.7. The van der Waals surface area contributed by atoms with Gasteiger partial charge in [0.05, 0.1) is 5.69 Å². The Morgan fingerprint density at radius 1 is 1.03 bits per heavy atom. The maximum Gasteiger partial charge on any atom is 2.00 e. The predicted molar refractivity (Wildman–Crippen MR) is 90.9 cm³/mol. The average Bonchev–Trinajstić information content (AvgIpc) is 2.50. The molecule has 1 fully saturated rings. The average molecular weight is 541 g/mol.